The summed E-state index contributed by atoms with van der Waals surface area (Å²) < 4.78 is 28.2. The summed E-state index contributed by atoms with van der Waals surface area (Å²) in [5.74, 6) is -0.147. The van der Waals surface area contributed by atoms with Crippen molar-refractivity contribution in [1.29, 1.82) is 0 Å². The Labute approximate surface area is 182 Å². The molecule has 0 radical (unpaired) electrons. The van der Waals surface area contributed by atoms with Gasteiger partial charge in [0.2, 0.25) is 10.0 Å². The third-order valence-corrected chi connectivity index (χ3v) is 7.67. The number of amides is 1. The third-order valence-electron chi connectivity index (χ3n) is 5.83. The van der Waals surface area contributed by atoms with Crippen LogP contribution in [0.1, 0.15) is 36.0 Å². The molecule has 0 atom stereocenters. The smallest absolute Gasteiger partial charge is 0.254 e. The van der Waals surface area contributed by atoms with Crippen molar-refractivity contribution < 1.29 is 13.2 Å². The molecule has 160 valence electrons. The molecule has 2 fully saturated rings. The van der Waals surface area contributed by atoms with Crippen molar-refractivity contribution in [3.63, 3.8) is 0 Å². The lowest BCUT2D eigenvalue weighted by Crippen LogP contribution is -2.48. The van der Waals surface area contributed by atoms with Gasteiger partial charge in [0.1, 0.15) is 0 Å². The summed E-state index contributed by atoms with van der Waals surface area (Å²) in [5, 5.41) is 0.699. The number of hydrogen-bond acceptors (Lipinski definition) is 4. The summed E-state index contributed by atoms with van der Waals surface area (Å²) in [6.07, 6.45) is 3.83. The van der Waals surface area contributed by atoms with Crippen LogP contribution in [-0.2, 0) is 10.0 Å². The highest BCUT2D eigenvalue weighted by molar-refractivity contribution is 7.89. The van der Waals surface area contributed by atoms with Crippen molar-refractivity contribution in [2.75, 3.05) is 31.1 Å². The van der Waals surface area contributed by atoms with Crippen LogP contribution in [0.15, 0.2) is 53.4 Å². The number of benzene rings is 2. The molecule has 1 aliphatic heterocycles. The molecule has 8 heteroatoms. The molecular formula is C22H26ClN3O3S. The molecule has 1 heterocycles. The summed E-state index contributed by atoms with van der Waals surface area (Å²) in [5.41, 5.74) is 1.37. The van der Waals surface area contributed by atoms with E-state index in [1.54, 1.807) is 23.1 Å². The first-order valence-electron chi connectivity index (χ1n) is 10.4. The zero-order valence-corrected chi connectivity index (χ0v) is 18.3. The second-order valence-electron chi connectivity index (χ2n) is 7.86. The molecule has 0 aromatic heterocycles. The van der Waals surface area contributed by atoms with Crippen molar-refractivity contribution in [3.8, 4) is 0 Å². The lowest BCUT2D eigenvalue weighted by molar-refractivity contribution is 0.0746. The Balaban J connectivity index is 1.43. The number of halogens is 1. The van der Waals surface area contributed by atoms with Gasteiger partial charge >= 0.3 is 0 Å². The maximum Gasteiger partial charge on any atom is 0.254 e. The first-order chi connectivity index (χ1) is 14.4. The maximum absolute atomic E-state index is 13.0. The van der Waals surface area contributed by atoms with Crippen LogP contribution in [0, 0.1) is 0 Å². The second-order valence-corrected chi connectivity index (χ2v) is 9.98. The average molecular weight is 448 g/mol. The second kappa shape index (κ2) is 8.96. The van der Waals surface area contributed by atoms with Crippen LogP contribution in [0.5, 0.6) is 0 Å². The number of para-hydroxylation sites is 1. The topological polar surface area (TPSA) is 69.7 Å². The van der Waals surface area contributed by atoms with E-state index in [2.05, 4.69) is 9.62 Å². The van der Waals surface area contributed by atoms with E-state index in [4.69, 9.17) is 11.6 Å². The predicted octanol–water partition coefficient (Wildman–Crippen LogP) is 3.52. The molecule has 0 spiro atoms. The van der Waals surface area contributed by atoms with Gasteiger partial charge in [0.25, 0.3) is 5.91 Å². The molecule has 4 rings (SSSR count). The van der Waals surface area contributed by atoms with Gasteiger partial charge in [-0.3, -0.25) is 4.79 Å². The highest BCUT2D eigenvalue weighted by Crippen LogP contribution is 2.26. The fraction of sp³-hybridized carbons (Fsp3) is 0.409. The van der Waals surface area contributed by atoms with Gasteiger partial charge in [-0.2, -0.15) is 0 Å². The van der Waals surface area contributed by atoms with Gasteiger partial charge in [0.15, 0.2) is 0 Å². The molecule has 1 N–H and O–H groups in total. The number of piperazine rings is 1. The summed E-state index contributed by atoms with van der Waals surface area (Å²) in [6.45, 7) is 2.47. The number of nitrogens with one attached hydrogen (secondary N) is 1. The molecule has 1 amide bonds. The fourth-order valence-corrected chi connectivity index (χ4v) is 5.77. The van der Waals surface area contributed by atoms with E-state index in [1.807, 2.05) is 24.3 Å². The van der Waals surface area contributed by atoms with Crippen molar-refractivity contribution in [2.24, 2.45) is 0 Å². The molecule has 6 nitrogen and oxygen atoms in total. The Bertz CT molecular complexity index is 1010. The number of nitrogens with zero attached hydrogens (tertiary/aromatic N) is 2. The van der Waals surface area contributed by atoms with E-state index in [-0.39, 0.29) is 16.8 Å². The highest BCUT2D eigenvalue weighted by atomic mass is 35.5. The van der Waals surface area contributed by atoms with E-state index in [0.717, 1.165) is 31.4 Å². The van der Waals surface area contributed by atoms with E-state index in [9.17, 15) is 13.2 Å². The number of carbonyl (C=O) groups excluding carboxylic acids is 1. The average Bonchev–Trinajstić information content (AvgIpc) is 3.26. The monoisotopic (exact) mass is 447 g/mol. The van der Waals surface area contributed by atoms with Crippen molar-refractivity contribution in [3.05, 3.63) is 59.1 Å². The number of anilines is 1. The highest BCUT2D eigenvalue weighted by Gasteiger charge is 2.26. The lowest BCUT2D eigenvalue weighted by atomic mass is 10.1. The van der Waals surface area contributed by atoms with E-state index in [0.29, 0.717) is 36.8 Å². The van der Waals surface area contributed by atoms with Crippen LogP contribution < -0.4 is 9.62 Å². The fourth-order valence-electron chi connectivity index (χ4n) is 4.17. The molecule has 30 heavy (non-hydrogen) atoms. The molecule has 1 aliphatic carbocycles. The maximum atomic E-state index is 13.0. The van der Waals surface area contributed by atoms with Gasteiger partial charge in [-0.1, -0.05) is 42.6 Å². The largest absolute Gasteiger partial charge is 0.367 e. The Morgan fingerprint density at radius 1 is 0.967 bits per heavy atom. The molecule has 2 aromatic rings. The zero-order valence-electron chi connectivity index (χ0n) is 16.8. The van der Waals surface area contributed by atoms with Crippen LogP contribution in [-0.4, -0.2) is 51.4 Å². The Morgan fingerprint density at radius 2 is 1.67 bits per heavy atom. The summed E-state index contributed by atoms with van der Waals surface area (Å²) in [6, 6.07) is 14.0. The molecule has 1 saturated heterocycles. The molecule has 0 bridgehead atoms. The van der Waals surface area contributed by atoms with Crippen molar-refractivity contribution in [2.45, 2.75) is 36.6 Å². The molecule has 0 unspecified atom stereocenters. The Kier molecular flexibility index (Phi) is 6.32. The van der Waals surface area contributed by atoms with E-state index in [1.165, 1.54) is 6.07 Å². The Hall–Kier alpha value is -2.09. The lowest BCUT2D eigenvalue weighted by Gasteiger charge is -2.36. The van der Waals surface area contributed by atoms with Crippen LogP contribution in [0.3, 0.4) is 0 Å². The molecular weight excluding hydrogens is 422 g/mol. The van der Waals surface area contributed by atoms with E-state index < -0.39 is 10.0 Å². The number of carbonyl (C=O) groups is 1. The summed E-state index contributed by atoms with van der Waals surface area (Å²) in [7, 11) is -3.62. The van der Waals surface area contributed by atoms with Crippen LogP contribution in [0.2, 0.25) is 5.02 Å². The zero-order chi connectivity index (χ0) is 21.1. The van der Waals surface area contributed by atoms with Gasteiger partial charge in [0.05, 0.1) is 15.6 Å². The third kappa shape index (κ3) is 4.63. The minimum Gasteiger partial charge on any atom is -0.367 e. The van der Waals surface area contributed by atoms with Crippen LogP contribution in [0.4, 0.5) is 5.69 Å². The van der Waals surface area contributed by atoms with Crippen molar-refractivity contribution in [1.82, 2.24) is 9.62 Å². The molecule has 1 saturated carbocycles. The van der Waals surface area contributed by atoms with Crippen LogP contribution >= 0.6 is 11.6 Å². The van der Waals surface area contributed by atoms with Gasteiger partial charge in [0, 0.05) is 37.8 Å². The number of sulfonamides is 1. The summed E-state index contributed by atoms with van der Waals surface area (Å²) in [4.78, 5) is 17.1. The van der Waals surface area contributed by atoms with Gasteiger partial charge in [-0.05, 0) is 43.2 Å². The van der Waals surface area contributed by atoms with Crippen molar-refractivity contribution >= 4 is 33.2 Å². The SMILES string of the molecule is O=C(c1cccc(S(=O)(=O)NC2CCCC2)c1)N1CCN(c2ccccc2Cl)CC1. The summed E-state index contributed by atoms with van der Waals surface area (Å²) >= 11 is 6.29. The molecule has 2 aromatic carbocycles. The quantitative estimate of drug-likeness (QED) is 0.761. The van der Waals surface area contributed by atoms with Gasteiger partial charge < -0.3 is 9.80 Å². The first-order valence-corrected chi connectivity index (χ1v) is 12.2. The predicted molar refractivity (Wildman–Crippen MR) is 119 cm³/mol. The minimum atomic E-state index is -3.62. The van der Waals surface area contributed by atoms with Gasteiger partial charge in [-0.15, -0.1) is 0 Å². The number of rotatable bonds is 5. The normalized spacial score (nSPS) is 18.0. The first kappa shape index (κ1) is 21.2. The van der Waals surface area contributed by atoms with Gasteiger partial charge in [-0.25, -0.2) is 13.1 Å². The number of hydrogen-bond donors (Lipinski definition) is 1. The Morgan fingerprint density at radius 3 is 2.37 bits per heavy atom. The standard InChI is InChI=1S/C22H26ClN3O3S/c23-20-10-3-4-11-21(20)25-12-14-26(15-13-25)22(27)17-6-5-9-19(16-17)30(28,29)24-18-7-1-2-8-18/h3-6,9-11,16,18,24H,1-2,7-8,12-15H2. The van der Waals surface area contributed by atoms with E-state index >= 15 is 0 Å². The minimum absolute atomic E-state index is 0.00718. The molecule has 2 aliphatic rings. The van der Waals surface area contributed by atoms with Crippen LogP contribution in [0.25, 0.3) is 0 Å².